The lowest BCUT2D eigenvalue weighted by Gasteiger charge is -1.92. The van der Waals surface area contributed by atoms with Gasteiger partial charge in [0.1, 0.15) is 0 Å². The normalized spacial score (nSPS) is 14.6. The summed E-state index contributed by atoms with van der Waals surface area (Å²) in [4.78, 5) is 4.13. The zero-order valence-corrected chi connectivity index (χ0v) is 9.77. The maximum Gasteiger partial charge on any atom is 0.0567 e. The second kappa shape index (κ2) is 8.95. The summed E-state index contributed by atoms with van der Waals surface area (Å²) in [6, 6.07) is 0. The lowest BCUT2D eigenvalue weighted by molar-refractivity contribution is 1.45. The molecule has 0 saturated heterocycles. The van der Waals surface area contributed by atoms with E-state index >= 15 is 0 Å². The molecule has 15 heavy (non-hydrogen) atoms. The quantitative estimate of drug-likeness (QED) is 0.473. The largest absolute Gasteiger partial charge is 0.289 e. The van der Waals surface area contributed by atoms with Crippen LogP contribution in [0.15, 0.2) is 65.8 Å². The lowest BCUT2D eigenvalue weighted by atomic mass is 10.2. The van der Waals surface area contributed by atoms with E-state index in [1.807, 2.05) is 62.5 Å². The molecule has 1 heteroatoms. The zero-order chi connectivity index (χ0) is 11.5. The van der Waals surface area contributed by atoms with Gasteiger partial charge < -0.3 is 0 Å². The fraction of sp³-hybridized carbons (Fsp3) is 0.214. The SMILES string of the molecule is C=CC(/C=C/C(/C=C\C)=NC)=C\C=C/C. The van der Waals surface area contributed by atoms with Crippen LogP contribution in [-0.2, 0) is 0 Å². The molecule has 0 atom stereocenters. The molecule has 0 aromatic heterocycles. The van der Waals surface area contributed by atoms with E-state index in [4.69, 9.17) is 0 Å². The molecule has 0 aliphatic heterocycles. The summed E-state index contributed by atoms with van der Waals surface area (Å²) in [7, 11) is 1.78. The fourth-order valence-corrected chi connectivity index (χ4v) is 0.956. The maximum absolute atomic E-state index is 4.13. The first-order chi connectivity index (χ1) is 7.28. The summed E-state index contributed by atoms with van der Waals surface area (Å²) in [6.07, 6.45) is 15.7. The van der Waals surface area contributed by atoms with Crippen molar-refractivity contribution in [1.29, 1.82) is 0 Å². The van der Waals surface area contributed by atoms with Crippen LogP contribution in [0.25, 0.3) is 0 Å². The van der Waals surface area contributed by atoms with Gasteiger partial charge in [0.2, 0.25) is 0 Å². The van der Waals surface area contributed by atoms with Gasteiger partial charge in [-0.2, -0.15) is 0 Å². The van der Waals surface area contributed by atoms with Crippen LogP contribution < -0.4 is 0 Å². The number of hydrogen-bond acceptors (Lipinski definition) is 1. The highest BCUT2D eigenvalue weighted by atomic mass is 14.7. The summed E-state index contributed by atoms with van der Waals surface area (Å²) in [5.74, 6) is 0. The summed E-state index contributed by atoms with van der Waals surface area (Å²) in [6.45, 7) is 7.71. The van der Waals surface area contributed by atoms with Gasteiger partial charge in [0.25, 0.3) is 0 Å². The van der Waals surface area contributed by atoms with Crippen molar-refractivity contribution in [3.8, 4) is 0 Å². The molecule has 0 aromatic rings. The summed E-state index contributed by atoms with van der Waals surface area (Å²) >= 11 is 0. The Labute approximate surface area is 92.9 Å². The van der Waals surface area contributed by atoms with Gasteiger partial charge in [-0.25, -0.2) is 0 Å². The zero-order valence-electron chi connectivity index (χ0n) is 9.77. The number of nitrogens with zero attached hydrogens (tertiary/aromatic N) is 1. The first-order valence-electron chi connectivity index (χ1n) is 5.01. The Balaban J connectivity index is 4.67. The van der Waals surface area contributed by atoms with Crippen molar-refractivity contribution in [2.24, 2.45) is 4.99 Å². The van der Waals surface area contributed by atoms with Crippen LogP contribution in [0.3, 0.4) is 0 Å². The predicted molar refractivity (Wildman–Crippen MR) is 70.4 cm³/mol. The second-order valence-corrected chi connectivity index (χ2v) is 2.88. The minimum Gasteiger partial charge on any atom is -0.289 e. The Morgan fingerprint density at radius 1 is 1.07 bits per heavy atom. The molecule has 0 bridgehead atoms. The highest BCUT2D eigenvalue weighted by Crippen LogP contribution is 1.99. The molecule has 0 aromatic carbocycles. The van der Waals surface area contributed by atoms with E-state index in [0.717, 1.165) is 11.3 Å². The second-order valence-electron chi connectivity index (χ2n) is 2.88. The van der Waals surface area contributed by atoms with Crippen molar-refractivity contribution < 1.29 is 0 Å². The van der Waals surface area contributed by atoms with Crippen molar-refractivity contribution >= 4 is 5.71 Å². The van der Waals surface area contributed by atoms with Gasteiger partial charge in [0.15, 0.2) is 0 Å². The molecule has 0 rings (SSSR count). The molecule has 0 aliphatic carbocycles. The summed E-state index contributed by atoms with van der Waals surface area (Å²) in [5, 5.41) is 0. The molecule has 0 radical (unpaired) electrons. The van der Waals surface area contributed by atoms with Crippen LogP contribution in [0.1, 0.15) is 13.8 Å². The van der Waals surface area contributed by atoms with Gasteiger partial charge >= 0.3 is 0 Å². The Kier molecular flexibility index (Phi) is 7.97. The number of rotatable bonds is 5. The monoisotopic (exact) mass is 201 g/mol. The van der Waals surface area contributed by atoms with Gasteiger partial charge in [-0.1, -0.05) is 43.0 Å². The minimum atomic E-state index is 0.950. The maximum atomic E-state index is 4.13. The van der Waals surface area contributed by atoms with E-state index in [-0.39, 0.29) is 0 Å². The third kappa shape index (κ3) is 6.44. The third-order valence-corrected chi connectivity index (χ3v) is 1.76. The molecule has 0 heterocycles. The predicted octanol–water partition coefficient (Wildman–Crippen LogP) is 3.88. The average molecular weight is 201 g/mol. The van der Waals surface area contributed by atoms with E-state index in [0.29, 0.717) is 0 Å². The van der Waals surface area contributed by atoms with E-state index in [1.54, 1.807) is 7.05 Å². The van der Waals surface area contributed by atoms with Gasteiger partial charge in [-0.15, -0.1) is 0 Å². The third-order valence-electron chi connectivity index (χ3n) is 1.76. The molecule has 0 aliphatic rings. The van der Waals surface area contributed by atoms with Gasteiger partial charge in [0, 0.05) is 7.05 Å². The first kappa shape index (κ1) is 13.4. The number of hydrogen-bond donors (Lipinski definition) is 0. The molecule has 80 valence electrons. The molecule has 0 spiro atoms. The summed E-state index contributed by atoms with van der Waals surface area (Å²) in [5.41, 5.74) is 2.02. The smallest absolute Gasteiger partial charge is 0.0567 e. The van der Waals surface area contributed by atoms with Gasteiger partial charge in [0.05, 0.1) is 5.71 Å². The molecule has 0 unspecified atom stereocenters. The standard InChI is InChI=1S/C14H19N/c1-5-8-10-13(7-3)11-12-14(15-4)9-6-2/h5-12H,3H2,1-2,4H3/b8-5-,9-6-,12-11+,13-10+,15-14?. The van der Waals surface area contributed by atoms with E-state index < -0.39 is 0 Å². The van der Waals surface area contributed by atoms with Gasteiger partial charge in [-0.3, -0.25) is 4.99 Å². The molecular weight excluding hydrogens is 182 g/mol. The van der Waals surface area contributed by atoms with Crippen LogP contribution >= 0.6 is 0 Å². The van der Waals surface area contributed by atoms with Crippen LogP contribution in [0.5, 0.6) is 0 Å². The van der Waals surface area contributed by atoms with Crippen LogP contribution in [0.2, 0.25) is 0 Å². The lowest BCUT2D eigenvalue weighted by Crippen LogP contribution is -1.86. The Morgan fingerprint density at radius 2 is 1.80 bits per heavy atom. The van der Waals surface area contributed by atoms with Crippen molar-refractivity contribution in [2.45, 2.75) is 13.8 Å². The van der Waals surface area contributed by atoms with Crippen LogP contribution in [-0.4, -0.2) is 12.8 Å². The van der Waals surface area contributed by atoms with Gasteiger partial charge in [-0.05, 0) is 31.6 Å². The molecule has 1 nitrogen and oxygen atoms in total. The number of aliphatic imine (C=N–C) groups is 1. The van der Waals surface area contributed by atoms with Crippen molar-refractivity contribution in [1.82, 2.24) is 0 Å². The topological polar surface area (TPSA) is 12.4 Å². The minimum absolute atomic E-state index is 0.950. The Hall–Kier alpha value is -1.63. The molecule has 0 N–H and O–H groups in total. The number of allylic oxidation sites excluding steroid dienone is 9. The Morgan fingerprint density at radius 3 is 2.27 bits per heavy atom. The molecule has 0 saturated carbocycles. The van der Waals surface area contributed by atoms with E-state index in [2.05, 4.69) is 11.6 Å². The molecular formula is C14H19N. The molecule has 0 fully saturated rings. The fourth-order valence-electron chi connectivity index (χ4n) is 0.956. The Bertz CT molecular complexity index is 325. The first-order valence-corrected chi connectivity index (χ1v) is 5.01. The van der Waals surface area contributed by atoms with Crippen molar-refractivity contribution in [3.05, 3.63) is 60.8 Å². The van der Waals surface area contributed by atoms with Crippen LogP contribution in [0.4, 0.5) is 0 Å². The van der Waals surface area contributed by atoms with E-state index in [9.17, 15) is 0 Å². The average Bonchev–Trinajstić information content (AvgIpc) is 2.27. The van der Waals surface area contributed by atoms with E-state index in [1.165, 1.54) is 0 Å². The summed E-state index contributed by atoms with van der Waals surface area (Å²) < 4.78 is 0. The molecule has 0 amide bonds. The highest BCUT2D eigenvalue weighted by Gasteiger charge is 1.85. The van der Waals surface area contributed by atoms with Crippen LogP contribution in [0, 0.1) is 0 Å². The van der Waals surface area contributed by atoms with Crippen molar-refractivity contribution in [3.63, 3.8) is 0 Å². The highest BCUT2D eigenvalue weighted by molar-refractivity contribution is 6.04. The van der Waals surface area contributed by atoms with Crippen molar-refractivity contribution in [2.75, 3.05) is 7.05 Å².